The number of hydrogen-bond donors (Lipinski definition) is 2. The number of benzene rings is 1. The monoisotopic (exact) mass is 938 g/mol. The first kappa shape index (κ1) is 47.3. The highest BCUT2D eigenvalue weighted by atomic mass is 32.7. The van der Waals surface area contributed by atoms with Gasteiger partial charge in [-0.2, -0.15) is 0 Å². The molecule has 63 heavy (non-hydrogen) atoms. The zero-order valence-electron chi connectivity index (χ0n) is 34.5. The third-order valence-corrected chi connectivity index (χ3v) is 14.8. The minimum atomic E-state index is -4.48. The molecule has 10 atom stereocenters. The lowest BCUT2D eigenvalue weighted by Gasteiger charge is -2.27. The van der Waals surface area contributed by atoms with Gasteiger partial charge in [-0.1, -0.05) is 31.2 Å². The number of halogens is 2. The summed E-state index contributed by atoms with van der Waals surface area (Å²) in [5.74, 6) is 0.180. The lowest BCUT2D eigenvalue weighted by molar-refractivity contribution is -0.0434. The predicted molar refractivity (Wildman–Crippen MR) is 226 cm³/mol. The van der Waals surface area contributed by atoms with Crippen molar-refractivity contribution in [3.63, 3.8) is 0 Å². The molecule has 5 aromatic rings. The molecule has 2 fully saturated rings. The Morgan fingerprint density at radius 1 is 0.762 bits per heavy atom. The summed E-state index contributed by atoms with van der Waals surface area (Å²) < 4.78 is 115. The molecule has 1 aromatic carbocycles. The molecule has 2 unspecified atom stereocenters. The third-order valence-electron chi connectivity index (χ3n) is 10.1. The Labute approximate surface area is 365 Å². The van der Waals surface area contributed by atoms with Crippen LogP contribution in [0.25, 0.3) is 22.3 Å². The maximum absolute atomic E-state index is 16.7. The molecule has 0 bridgehead atoms. The van der Waals surface area contributed by atoms with E-state index in [0.29, 0.717) is 45.2 Å². The molecule has 6 heterocycles. The Hall–Kier alpha value is -3.71. The number of fused-ring (bicyclic) bond motifs is 2. The fourth-order valence-electron chi connectivity index (χ4n) is 6.85. The lowest BCUT2D eigenvalue weighted by atomic mass is 10.1. The number of ether oxygens (including phenoxy) is 5. The molecule has 2 aliphatic heterocycles. The molecule has 0 spiro atoms. The minimum Gasteiger partial charge on any atom is -0.382 e. The molecule has 7 rings (SSSR count). The fourth-order valence-corrected chi connectivity index (χ4v) is 10.9. The molecule has 2 saturated heterocycles. The van der Waals surface area contributed by atoms with Crippen LogP contribution >= 0.6 is 25.7 Å². The van der Waals surface area contributed by atoms with Crippen LogP contribution in [0.5, 0.6) is 0 Å². The second-order valence-electron chi connectivity index (χ2n) is 14.2. The van der Waals surface area contributed by atoms with Crippen molar-refractivity contribution in [2.45, 2.75) is 81.8 Å². The van der Waals surface area contributed by atoms with Crippen LogP contribution in [0.4, 0.5) is 20.4 Å². The zero-order chi connectivity index (χ0) is 44.7. The largest absolute Gasteiger partial charge is 0.389 e. The predicted octanol–water partition coefficient (Wildman–Crippen LogP) is 5.03. The van der Waals surface area contributed by atoms with Crippen LogP contribution in [0.1, 0.15) is 43.9 Å². The van der Waals surface area contributed by atoms with Crippen molar-refractivity contribution in [2.75, 3.05) is 58.2 Å². The number of imidazole rings is 2. The van der Waals surface area contributed by atoms with Gasteiger partial charge >= 0.3 is 6.80 Å². The van der Waals surface area contributed by atoms with Gasteiger partial charge in [-0.3, -0.25) is 22.7 Å². The van der Waals surface area contributed by atoms with Crippen LogP contribution < -0.4 is 11.5 Å². The average Bonchev–Trinajstić information content (AvgIpc) is 4.05. The number of rotatable bonds is 23. The summed E-state index contributed by atoms with van der Waals surface area (Å²) in [7, 11) is 2.40. The quantitative estimate of drug-likeness (QED) is 0.0494. The number of nitrogens with zero attached hydrogens (tertiary/aromatic N) is 8. The van der Waals surface area contributed by atoms with Gasteiger partial charge in [-0.25, -0.2) is 43.2 Å². The standard InChI is InChI=1S/C36H47BF2N10O11P2S/c1-4-23-29(25(38)35(57-23)48-19-46-27-31(40)42-17-44-33(27)48)60-62(51,63-16-22-8-6-21(7-9-22)14-55-13-12-54-11-10-53-5-2)56-15-24-30(59-61(37,50)52-3)26(39)36(58-24)49-20-47-28-32(41)43-18-45-34(28)49/h6-9,17-20,23-26,29-30,35-36H,4-5,10-16H2,1-3H3,(H2,40,42,44)(H2,41,43,45)/t23-,24-,25-,26-,29-,30-,35-,36-,61?,62?/m1/s1. The van der Waals surface area contributed by atoms with E-state index in [2.05, 4.69) is 29.9 Å². The summed E-state index contributed by atoms with van der Waals surface area (Å²) in [5.41, 5.74) is 14.3. The first-order valence-corrected chi connectivity index (χ1v) is 24.6. The number of hydrogen-bond acceptors (Lipinski definition) is 20. The van der Waals surface area contributed by atoms with E-state index in [9.17, 15) is 4.57 Å². The highest BCUT2D eigenvalue weighted by Gasteiger charge is 2.53. The van der Waals surface area contributed by atoms with Gasteiger partial charge in [0.1, 0.15) is 42.0 Å². The molecule has 21 nitrogen and oxygen atoms in total. The smallest absolute Gasteiger partial charge is 0.382 e. The topological polar surface area (TPSA) is 256 Å². The van der Waals surface area contributed by atoms with Gasteiger partial charge in [0.15, 0.2) is 47.7 Å². The van der Waals surface area contributed by atoms with Crippen LogP contribution in [0.3, 0.4) is 0 Å². The Balaban J connectivity index is 1.10. The maximum Gasteiger partial charge on any atom is 0.389 e. The summed E-state index contributed by atoms with van der Waals surface area (Å²) in [5, 5.41) is 0. The van der Waals surface area contributed by atoms with Crippen molar-refractivity contribution in [1.29, 1.82) is 0 Å². The van der Waals surface area contributed by atoms with Gasteiger partial charge < -0.3 is 44.2 Å². The molecule has 4 N–H and O–H groups in total. The molecule has 0 saturated carbocycles. The average molecular weight is 939 g/mol. The number of alkyl halides is 2. The molecular formula is C36H47BF2N10O11P2S. The first-order valence-electron chi connectivity index (χ1n) is 19.8. The molecule has 4 aromatic heterocycles. The van der Waals surface area contributed by atoms with E-state index < -0.39 is 70.1 Å². The molecule has 340 valence electrons. The summed E-state index contributed by atoms with van der Waals surface area (Å²) in [4.78, 5) is 24.6. The van der Waals surface area contributed by atoms with Gasteiger partial charge in [0.25, 0.3) is 7.47 Å². The summed E-state index contributed by atoms with van der Waals surface area (Å²) in [6.45, 7) is 1.24. The minimum absolute atomic E-state index is 0.0342. The number of aromatic nitrogens is 8. The molecule has 0 amide bonds. The highest BCUT2D eigenvalue weighted by Crippen LogP contribution is 2.64. The molecule has 0 aliphatic carbocycles. The van der Waals surface area contributed by atoms with Crippen molar-refractivity contribution in [2.24, 2.45) is 0 Å². The number of nitrogens with two attached hydrogens (primary N) is 2. The SMILES string of the molecule is [B]P(=O)(OC)O[C@H]1[C@@H](F)[C@H](n2cnc3c(N)ncnc32)O[C@@H]1COP(=O)(O[C@H]1[C@@H](F)[C@H](n2cnc3c(N)ncnc32)O[C@@H]1CC)SCc1ccc(COCCOCCOCC)cc1. The Morgan fingerprint density at radius 3 is 1.87 bits per heavy atom. The molecule has 2 radical (unpaired) electrons. The number of nitrogen functional groups attached to an aromatic ring is 2. The normalized spacial score (nSPS) is 25.8. The van der Waals surface area contributed by atoms with Crippen molar-refractivity contribution in [1.82, 2.24) is 39.0 Å². The lowest BCUT2D eigenvalue weighted by Crippen LogP contribution is -2.34. The van der Waals surface area contributed by atoms with E-state index >= 15 is 13.3 Å². The zero-order valence-corrected chi connectivity index (χ0v) is 37.1. The summed E-state index contributed by atoms with van der Waals surface area (Å²) in [6.07, 6.45) is -7.19. The Kier molecular flexibility index (Phi) is 15.8. The summed E-state index contributed by atoms with van der Waals surface area (Å²) in [6, 6.07) is 7.32. The van der Waals surface area contributed by atoms with Crippen molar-refractivity contribution in [3.05, 3.63) is 60.7 Å². The fraction of sp³-hybridized carbons (Fsp3) is 0.556. The van der Waals surface area contributed by atoms with Crippen LogP contribution in [-0.4, -0.2) is 130 Å². The number of anilines is 2. The Bertz CT molecular complexity index is 2400. The molecular weight excluding hydrogens is 891 g/mol. The third kappa shape index (κ3) is 11.1. The maximum atomic E-state index is 16.7. The van der Waals surface area contributed by atoms with Crippen molar-refractivity contribution >= 4 is 67.2 Å². The van der Waals surface area contributed by atoms with E-state index in [1.165, 1.54) is 34.4 Å². The van der Waals surface area contributed by atoms with Gasteiger partial charge in [-0.05, 0) is 35.9 Å². The van der Waals surface area contributed by atoms with E-state index in [4.69, 9.17) is 60.8 Å². The Morgan fingerprint density at radius 2 is 1.30 bits per heavy atom. The molecule has 27 heteroatoms. The molecule has 2 aliphatic rings. The van der Waals surface area contributed by atoms with Gasteiger partial charge in [0.05, 0.1) is 58.4 Å². The van der Waals surface area contributed by atoms with E-state index in [-0.39, 0.29) is 46.1 Å². The first-order chi connectivity index (χ1) is 30.3. The van der Waals surface area contributed by atoms with Crippen LogP contribution in [0, 0.1) is 0 Å². The second kappa shape index (κ2) is 21.1. The van der Waals surface area contributed by atoms with Gasteiger partial charge in [0.2, 0.25) is 7.57 Å². The second-order valence-corrected chi connectivity index (χ2v) is 19.8. The van der Waals surface area contributed by atoms with E-state index in [1.54, 1.807) is 6.92 Å². The van der Waals surface area contributed by atoms with Crippen molar-refractivity contribution in [3.8, 4) is 0 Å². The van der Waals surface area contributed by atoms with Crippen molar-refractivity contribution < 1.29 is 59.7 Å². The van der Waals surface area contributed by atoms with Crippen LogP contribution in [-0.2, 0) is 63.3 Å². The van der Waals surface area contributed by atoms with E-state index in [1.807, 2.05) is 31.2 Å². The van der Waals surface area contributed by atoms with Crippen LogP contribution in [0.15, 0.2) is 49.6 Å². The van der Waals surface area contributed by atoms with E-state index in [0.717, 1.165) is 24.1 Å². The summed E-state index contributed by atoms with van der Waals surface area (Å²) >= 11 is 0.759. The van der Waals surface area contributed by atoms with Gasteiger partial charge in [-0.15, -0.1) is 0 Å². The van der Waals surface area contributed by atoms with Gasteiger partial charge in [0, 0.05) is 19.5 Å². The van der Waals surface area contributed by atoms with Crippen LogP contribution in [0.2, 0.25) is 0 Å². The highest BCUT2D eigenvalue weighted by molar-refractivity contribution is 8.54.